The molecule has 3 rings (SSSR count). The fraction of sp³-hybridized carbons (Fsp3) is 0.133. The summed E-state index contributed by atoms with van der Waals surface area (Å²) in [6.45, 7) is -0.000233. The average molecular weight is 320 g/mol. The van der Waals surface area contributed by atoms with Gasteiger partial charge in [-0.2, -0.15) is 0 Å². The van der Waals surface area contributed by atoms with Crippen LogP contribution in [0.2, 0.25) is 0 Å². The van der Waals surface area contributed by atoms with Crippen molar-refractivity contribution in [3.8, 4) is 5.75 Å². The van der Waals surface area contributed by atoms with E-state index in [1.54, 1.807) is 25.2 Å². The maximum Gasteiger partial charge on any atom is 0.264 e. The number of ether oxygens (including phenoxy) is 1. The zero-order valence-electron chi connectivity index (χ0n) is 11.7. The van der Waals surface area contributed by atoms with Crippen LogP contribution >= 0.6 is 0 Å². The van der Waals surface area contributed by atoms with Crippen LogP contribution in [0.4, 0.5) is 15.8 Å². The Hall–Kier alpha value is -2.41. The van der Waals surface area contributed by atoms with Crippen LogP contribution in [0.25, 0.3) is 0 Å². The summed E-state index contributed by atoms with van der Waals surface area (Å²) in [4.78, 5) is 13.6. The molecule has 1 amide bonds. The number of nitrogens with zero attached hydrogens (tertiary/aromatic N) is 1. The molecule has 1 aliphatic heterocycles. The molecule has 5 nitrogen and oxygen atoms in total. The second kappa shape index (κ2) is 5.76. The largest absolute Gasteiger partial charge is 0.482 e. The van der Waals surface area contributed by atoms with Gasteiger partial charge in [0.15, 0.2) is 6.61 Å². The van der Waals surface area contributed by atoms with Gasteiger partial charge >= 0.3 is 0 Å². The van der Waals surface area contributed by atoms with Gasteiger partial charge in [-0.25, -0.2) is 8.60 Å². The molecule has 0 radical (unpaired) electrons. The molecule has 1 heterocycles. The fourth-order valence-corrected chi connectivity index (χ4v) is 2.93. The lowest BCUT2D eigenvalue weighted by atomic mass is 10.2. The van der Waals surface area contributed by atoms with Gasteiger partial charge in [0.05, 0.1) is 10.6 Å². The molecular weight excluding hydrogens is 307 g/mol. The van der Waals surface area contributed by atoms with E-state index in [2.05, 4.69) is 4.72 Å². The first-order chi connectivity index (χ1) is 10.5. The van der Waals surface area contributed by atoms with E-state index in [1.807, 2.05) is 0 Å². The molecule has 1 aliphatic rings. The maximum absolute atomic E-state index is 12.9. The molecule has 0 aromatic heterocycles. The first-order valence-electron chi connectivity index (χ1n) is 6.52. The Morgan fingerprint density at radius 3 is 2.68 bits per heavy atom. The molecule has 0 fully saturated rings. The highest BCUT2D eigenvalue weighted by Gasteiger charge is 2.23. The highest BCUT2D eigenvalue weighted by Crippen LogP contribution is 2.33. The lowest BCUT2D eigenvalue weighted by molar-refractivity contribution is -0.120. The maximum atomic E-state index is 12.9. The van der Waals surface area contributed by atoms with Crippen LogP contribution in [0.3, 0.4) is 0 Å². The van der Waals surface area contributed by atoms with Gasteiger partial charge in [-0.3, -0.25) is 4.79 Å². The number of benzene rings is 2. The van der Waals surface area contributed by atoms with E-state index in [4.69, 9.17) is 4.74 Å². The van der Waals surface area contributed by atoms with Crippen molar-refractivity contribution in [1.82, 2.24) is 0 Å². The molecule has 22 heavy (non-hydrogen) atoms. The van der Waals surface area contributed by atoms with Gasteiger partial charge in [0, 0.05) is 12.7 Å². The second-order valence-electron chi connectivity index (χ2n) is 4.75. The third kappa shape index (κ3) is 2.80. The third-order valence-corrected chi connectivity index (χ3v) is 4.39. The Morgan fingerprint density at radius 1 is 1.23 bits per heavy atom. The lowest BCUT2D eigenvalue weighted by Gasteiger charge is -2.26. The van der Waals surface area contributed by atoms with E-state index in [9.17, 15) is 13.4 Å². The van der Waals surface area contributed by atoms with Gasteiger partial charge in [-0.05, 0) is 42.5 Å². The normalized spacial score (nSPS) is 15.0. The summed E-state index contributed by atoms with van der Waals surface area (Å²) in [5.41, 5.74) is 1.11. The predicted molar refractivity (Wildman–Crippen MR) is 81.8 cm³/mol. The number of rotatable bonds is 3. The number of fused-ring (bicyclic) bond motifs is 1. The predicted octanol–water partition coefficient (Wildman–Crippen LogP) is 2.32. The molecule has 0 saturated heterocycles. The molecule has 2 aromatic carbocycles. The smallest absolute Gasteiger partial charge is 0.264 e. The Bertz CT molecular complexity index is 749. The van der Waals surface area contributed by atoms with Crippen molar-refractivity contribution in [3.63, 3.8) is 0 Å². The van der Waals surface area contributed by atoms with Crippen molar-refractivity contribution in [3.05, 3.63) is 48.3 Å². The standard InChI is InChI=1S/C15H13FN2O3S/c1-18-13-8-12(6-7-14(13)21-9-15(18)19)22(20)17-11-4-2-10(16)3-5-11/h2-8,17H,9H2,1H3. The van der Waals surface area contributed by atoms with E-state index in [-0.39, 0.29) is 18.3 Å². The molecule has 1 unspecified atom stereocenters. The Kier molecular flexibility index (Phi) is 3.81. The van der Waals surface area contributed by atoms with Crippen LogP contribution in [-0.4, -0.2) is 23.8 Å². The quantitative estimate of drug-likeness (QED) is 0.944. The average Bonchev–Trinajstić information content (AvgIpc) is 2.53. The lowest BCUT2D eigenvalue weighted by Crippen LogP contribution is -2.35. The Balaban J connectivity index is 1.84. The van der Waals surface area contributed by atoms with Crippen LogP contribution in [0, 0.1) is 5.82 Å². The van der Waals surface area contributed by atoms with Crippen LogP contribution in [-0.2, 0) is 15.8 Å². The number of halogens is 1. The van der Waals surface area contributed by atoms with E-state index >= 15 is 0 Å². The number of carbonyl (C=O) groups excluding carboxylic acids is 1. The zero-order chi connectivity index (χ0) is 15.7. The first-order valence-corrected chi connectivity index (χ1v) is 7.67. The topological polar surface area (TPSA) is 58.6 Å². The fourth-order valence-electron chi connectivity index (χ4n) is 2.05. The molecule has 0 bridgehead atoms. The molecule has 114 valence electrons. The van der Waals surface area contributed by atoms with Crippen molar-refractivity contribution in [2.75, 3.05) is 23.3 Å². The number of carbonyl (C=O) groups is 1. The van der Waals surface area contributed by atoms with Crippen LogP contribution < -0.4 is 14.4 Å². The van der Waals surface area contributed by atoms with E-state index in [1.165, 1.54) is 29.2 Å². The van der Waals surface area contributed by atoms with Crippen molar-refractivity contribution in [2.45, 2.75) is 4.90 Å². The van der Waals surface area contributed by atoms with E-state index in [0.29, 0.717) is 22.0 Å². The van der Waals surface area contributed by atoms with Gasteiger partial charge in [-0.15, -0.1) is 0 Å². The number of anilines is 2. The SMILES string of the molecule is CN1C(=O)COc2ccc(S(=O)Nc3ccc(F)cc3)cc21. The van der Waals surface area contributed by atoms with Crippen LogP contribution in [0.15, 0.2) is 47.4 Å². The number of hydrogen-bond donors (Lipinski definition) is 1. The number of amides is 1. The Morgan fingerprint density at radius 2 is 1.95 bits per heavy atom. The zero-order valence-corrected chi connectivity index (χ0v) is 12.5. The van der Waals surface area contributed by atoms with Gasteiger partial charge in [0.25, 0.3) is 5.91 Å². The minimum Gasteiger partial charge on any atom is -0.482 e. The molecule has 1 N–H and O–H groups in total. The highest BCUT2D eigenvalue weighted by atomic mass is 32.2. The van der Waals surface area contributed by atoms with Crippen LogP contribution in [0.5, 0.6) is 5.75 Å². The molecule has 7 heteroatoms. The van der Waals surface area contributed by atoms with Crippen molar-refractivity contribution >= 4 is 28.3 Å². The summed E-state index contributed by atoms with van der Waals surface area (Å²) < 4.78 is 33.3. The van der Waals surface area contributed by atoms with Gasteiger partial charge < -0.3 is 14.4 Å². The highest BCUT2D eigenvalue weighted by molar-refractivity contribution is 7.86. The monoisotopic (exact) mass is 320 g/mol. The summed E-state index contributed by atoms with van der Waals surface area (Å²) >= 11 is 0. The van der Waals surface area contributed by atoms with Crippen molar-refractivity contribution < 1.29 is 18.1 Å². The molecule has 0 aliphatic carbocycles. The molecule has 1 atom stereocenters. The van der Waals surface area contributed by atoms with Gasteiger partial charge in [0.1, 0.15) is 22.6 Å². The molecular formula is C15H13FN2O3S. The van der Waals surface area contributed by atoms with Gasteiger partial charge in [0.2, 0.25) is 0 Å². The summed E-state index contributed by atoms with van der Waals surface area (Å²) in [6.07, 6.45) is 0. The third-order valence-electron chi connectivity index (χ3n) is 3.29. The summed E-state index contributed by atoms with van der Waals surface area (Å²) in [5.74, 6) is 0.0500. The van der Waals surface area contributed by atoms with E-state index in [0.717, 1.165) is 0 Å². The summed E-state index contributed by atoms with van der Waals surface area (Å²) in [5, 5.41) is 0. The van der Waals surface area contributed by atoms with Crippen molar-refractivity contribution in [2.24, 2.45) is 0 Å². The second-order valence-corrected chi connectivity index (χ2v) is 5.96. The van der Waals surface area contributed by atoms with Gasteiger partial charge in [-0.1, -0.05) is 0 Å². The number of nitrogens with one attached hydrogen (secondary N) is 1. The minimum absolute atomic E-state index is 0.000233. The minimum atomic E-state index is -1.53. The Labute approximate surface area is 129 Å². The van der Waals surface area contributed by atoms with E-state index < -0.39 is 11.0 Å². The van der Waals surface area contributed by atoms with Crippen molar-refractivity contribution in [1.29, 1.82) is 0 Å². The first kappa shape index (κ1) is 14.5. The summed E-state index contributed by atoms with van der Waals surface area (Å²) in [6, 6.07) is 10.6. The molecule has 0 spiro atoms. The number of hydrogen-bond acceptors (Lipinski definition) is 3. The van der Waals surface area contributed by atoms with Crippen LogP contribution in [0.1, 0.15) is 0 Å². The molecule has 0 saturated carbocycles. The summed E-state index contributed by atoms with van der Waals surface area (Å²) in [7, 11) is 0.111. The molecule has 2 aromatic rings. The number of likely N-dealkylation sites (N-methyl/N-ethyl adjacent to an activating group) is 1.